The summed E-state index contributed by atoms with van der Waals surface area (Å²) in [6, 6.07) is -1.45. The van der Waals surface area contributed by atoms with Crippen LogP contribution in [0.15, 0.2) is 0 Å². The number of esters is 4. The Hall–Kier alpha value is -1.82. The highest BCUT2D eigenvalue weighted by atomic mass is 35.6. The number of hydrogen-bond donors (Lipinski definition) is 1. The second-order valence-electron chi connectivity index (χ2n) is 6.10. The van der Waals surface area contributed by atoms with Crippen LogP contribution >= 0.6 is 34.8 Å². The van der Waals surface area contributed by atoms with E-state index in [4.69, 9.17) is 58.5 Å². The molecule has 0 aromatic heterocycles. The number of ether oxygens (including phenoxy) is 5. The van der Waals surface area contributed by atoms with Gasteiger partial charge in [0.2, 0.25) is 6.29 Å². The standard InChI is InChI=1S/C16H20Cl3NO10/c1-6(21)26-5-10-12(27-7(2)22)13(28-8(3)23)11(14(30-10)29-9(4)24)20-15(25)16(17,18)19/h10-14H,5H2,1-4H3,(H,20,25)/t10-,11-,12-,13-,14?/m1/s1. The molecule has 14 heteroatoms. The third-order valence-electron chi connectivity index (χ3n) is 3.54. The summed E-state index contributed by atoms with van der Waals surface area (Å²) >= 11 is 16.7. The fourth-order valence-electron chi connectivity index (χ4n) is 2.55. The summed E-state index contributed by atoms with van der Waals surface area (Å²) in [6.07, 6.45) is -5.64. The lowest BCUT2D eigenvalue weighted by Crippen LogP contribution is -2.67. The molecular weight excluding hydrogens is 473 g/mol. The summed E-state index contributed by atoms with van der Waals surface area (Å²) in [7, 11) is 0. The fourth-order valence-corrected chi connectivity index (χ4v) is 2.72. The van der Waals surface area contributed by atoms with Gasteiger partial charge in [0, 0.05) is 27.7 Å². The molecule has 1 saturated heterocycles. The molecule has 0 bridgehead atoms. The molecule has 30 heavy (non-hydrogen) atoms. The molecule has 5 atom stereocenters. The average molecular weight is 493 g/mol. The molecule has 1 N–H and O–H groups in total. The molecule has 1 amide bonds. The predicted octanol–water partition coefficient (Wildman–Crippen LogP) is 0.556. The smallest absolute Gasteiger partial charge is 0.305 e. The summed E-state index contributed by atoms with van der Waals surface area (Å²) < 4.78 is 23.5. The van der Waals surface area contributed by atoms with Crippen molar-refractivity contribution in [1.29, 1.82) is 0 Å². The number of rotatable bonds is 6. The number of alkyl halides is 3. The van der Waals surface area contributed by atoms with Crippen molar-refractivity contribution in [3.63, 3.8) is 0 Å². The Morgan fingerprint density at radius 3 is 1.77 bits per heavy atom. The van der Waals surface area contributed by atoms with Crippen molar-refractivity contribution in [3.05, 3.63) is 0 Å². The van der Waals surface area contributed by atoms with Gasteiger partial charge < -0.3 is 29.0 Å². The predicted molar refractivity (Wildman–Crippen MR) is 100 cm³/mol. The summed E-state index contributed by atoms with van der Waals surface area (Å²) in [4.78, 5) is 58.2. The number of halogens is 3. The average Bonchev–Trinajstić information content (AvgIpc) is 2.56. The third-order valence-corrected chi connectivity index (χ3v) is 4.05. The van der Waals surface area contributed by atoms with Gasteiger partial charge in [-0.15, -0.1) is 0 Å². The maximum Gasteiger partial charge on any atom is 0.305 e. The van der Waals surface area contributed by atoms with Gasteiger partial charge in [-0.3, -0.25) is 24.0 Å². The van der Waals surface area contributed by atoms with Crippen molar-refractivity contribution in [2.75, 3.05) is 6.61 Å². The summed E-state index contributed by atoms with van der Waals surface area (Å²) in [6.45, 7) is 3.85. The van der Waals surface area contributed by atoms with Crippen LogP contribution in [0, 0.1) is 0 Å². The van der Waals surface area contributed by atoms with Gasteiger partial charge in [-0.2, -0.15) is 0 Å². The van der Waals surface area contributed by atoms with E-state index in [0.717, 1.165) is 27.7 Å². The topological polar surface area (TPSA) is 144 Å². The molecule has 1 fully saturated rings. The largest absolute Gasteiger partial charge is 0.463 e. The molecule has 11 nitrogen and oxygen atoms in total. The van der Waals surface area contributed by atoms with Crippen LogP contribution in [0.4, 0.5) is 0 Å². The minimum Gasteiger partial charge on any atom is -0.463 e. The van der Waals surface area contributed by atoms with Crippen molar-refractivity contribution in [1.82, 2.24) is 5.32 Å². The minimum absolute atomic E-state index is 0.450. The van der Waals surface area contributed by atoms with Crippen molar-refractivity contribution in [2.45, 2.75) is 62.1 Å². The van der Waals surface area contributed by atoms with E-state index in [1.165, 1.54) is 0 Å². The molecule has 0 saturated carbocycles. The van der Waals surface area contributed by atoms with Gasteiger partial charge in [0.05, 0.1) is 0 Å². The summed E-state index contributed by atoms with van der Waals surface area (Å²) in [5.41, 5.74) is 0. The van der Waals surface area contributed by atoms with E-state index in [0.29, 0.717) is 0 Å². The van der Waals surface area contributed by atoms with Crippen molar-refractivity contribution in [2.24, 2.45) is 0 Å². The van der Waals surface area contributed by atoms with E-state index in [1.807, 2.05) is 0 Å². The molecule has 1 unspecified atom stereocenters. The van der Waals surface area contributed by atoms with Crippen molar-refractivity contribution >= 4 is 64.6 Å². The molecule has 170 valence electrons. The number of amides is 1. The second-order valence-corrected chi connectivity index (χ2v) is 8.38. The number of carbonyl (C=O) groups is 5. The van der Waals surface area contributed by atoms with Crippen LogP contribution in [0.2, 0.25) is 0 Å². The van der Waals surface area contributed by atoms with Crippen LogP contribution in [-0.4, -0.2) is 70.8 Å². The van der Waals surface area contributed by atoms with E-state index in [1.54, 1.807) is 0 Å². The fraction of sp³-hybridized carbons (Fsp3) is 0.688. The van der Waals surface area contributed by atoms with E-state index in [-0.39, 0.29) is 0 Å². The van der Waals surface area contributed by atoms with Crippen LogP contribution in [-0.2, 0) is 47.7 Å². The third kappa shape index (κ3) is 8.13. The van der Waals surface area contributed by atoms with Gasteiger partial charge in [-0.05, 0) is 0 Å². The zero-order chi connectivity index (χ0) is 23.2. The van der Waals surface area contributed by atoms with Crippen LogP contribution in [0.25, 0.3) is 0 Å². The van der Waals surface area contributed by atoms with Crippen molar-refractivity contribution < 1.29 is 47.7 Å². The van der Waals surface area contributed by atoms with Gasteiger partial charge in [-0.1, -0.05) is 34.8 Å². The summed E-state index contributed by atoms with van der Waals surface area (Å²) in [5, 5.41) is 2.25. The Balaban J connectivity index is 3.39. The number of carbonyl (C=O) groups excluding carboxylic acids is 5. The Kier molecular flexibility index (Phi) is 9.60. The maximum absolute atomic E-state index is 12.2. The highest BCUT2D eigenvalue weighted by Gasteiger charge is 2.53. The minimum atomic E-state index is -2.42. The highest BCUT2D eigenvalue weighted by Crippen LogP contribution is 2.31. The molecule has 1 rings (SSSR count). The monoisotopic (exact) mass is 491 g/mol. The first-order valence-electron chi connectivity index (χ1n) is 8.40. The van der Waals surface area contributed by atoms with E-state index in [2.05, 4.69) is 5.32 Å². The van der Waals surface area contributed by atoms with Gasteiger partial charge in [0.15, 0.2) is 12.2 Å². The first-order chi connectivity index (χ1) is 13.7. The van der Waals surface area contributed by atoms with Gasteiger partial charge in [0.1, 0.15) is 18.8 Å². The maximum atomic E-state index is 12.2. The summed E-state index contributed by atoms with van der Waals surface area (Å²) in [5.74, 6) is -4.30. The molecule has 0 radical (unpaired) electrons. The lowest BCUT2D eigenvalue weighted by Gasteiger charge is -2.44. The molecule has 1 heterocycles. The Morgan fingerprint density at radius 2 is 1.33 bits per heavy atom. The van der Waals surface area contributed by atoms with E-state index < -0.39 is 70.8 Å². The normalized spacial score (nSPS) is 26.2. The van der Waals surface area contributed by atoms with Gasteiger partial charge in [-0.25, -0.2) is 0 Å². The molecule has 0 aromatic rings. The first kappa shape index (κ1) is 26.2. The van der Waals surface area contributed by atoms with Gasteiger partial charge in [0.25, 0.3) is 9.70 Å². The zero-order valence-corrected chi connectivity index (χ0v) is 18.6. The van der Waals surface area contributed by atoms with E-state index in [9.17, 15) is 24.0 Å². The van der Waals surface area contributed by atoms with Crippen molar-refractivity contribution in [3.8, 4) is 0 Å². The highest BCUT2D eigenvalue weighted by molar-refractivity contribution is 6.76. The molecule has 1 aliphatic heterocycles. The SMILES string of the molecule is CC(=O)OC[C@H]1OC(OC(C)=O)[C@H](NC(=O)C(Cl)(Cl)Cl)[C@@H](OC(C)=O)[C@@H]1OC(C)=O. The zero-order valence-electron chi connectivity index (χ0n) is 16.3. The Morgan fingerprint density at radius 1 is 0.833 bits per heavy atom. The Bertz CT molecular complexity index is 695. The van der Waals surface area contributed by atoms with E-state index >= 15 is 0 Å². The Labute approximate surface area is 186 Å². The lowest BCUT2D eigenvalue weighted by molar-refractivity contribution is -0.271. The quantitative estimate of drug-likeness (QED) is 0.317. The van der Waals surface area contributed by atoms with Crippen LogP contribution in [0.3, 0.4) is 0 Å². The molecular formula is C16H20Cl3NO10. The molecule has 0 spiro atoms. The molecule has 0 aliphatic carbocycles. The second kappa shape index (κ2) is 11.0. The molecule has 0 aromatic carbocycles. The lowest BCUT2D eigenvalue weighted by atomic mass is 9.96. The first-order valence-corrected chi connectivity index (χ1v) is 9.54. The van der Waals surface area contributed by atoms with Crippen LogP contribution in [0.5, 0.6) is 0 Å². The van der Waals surface area contributed by atoms with Crippen LogP contribution in [0.1, 0.15) is 27.7 Å². The number of hydrogen-bond acceptors (Lipinski definition) is 10. The van der Waals surface area contributed by atoms with Gasteiger partial charge >= 0.3 is 23.9 Å². The molecule has 1 aliphatic rings. The number of nitrogens with one attached hydrogen (secondary N) is 1. The van der Waals surface area contributed by atoms with Crippen LogP contribution < -0.4 is 5.32 Å².